The minimum Gasteiger partial charge on any atom is -0.123 e. The van der Waals surface area contributed by atoms with E-state index in [9.17, 15) is 0 Å². The van der Waals surface area contributed by atoms with Gasteiger partial charge in [0.25, 0.3) is 0 Å². The van der Waals surface area contributed by atoms with E-state index >= 15 is 0 Å². The van der Waals surface area contributed by atoms with Gasteiger partial charge in [-0.2, -0.15) is 0 Å². The van der Waals surface area contributed by atoms with Crippen molar-refractivity contribution in [3.63, 3.8) is 0 Å². The van der Waals surface area contributed by atoms with Crippen molar-refractivity contribution in [3.05, 3.63) is 0 Å². The van der Waals surface area contributed by atoms with E-state index < -0.39 is 0 Å². The third-order valence-electron chi connectivity index (χ3n) is 3.93. The van der Waals surface area contributed by atoms with Crippen LogP contribution >= 0.6 is 23.2 Å². The molecule has 0 aliphatic heterocycles. The van der Waals surface area contributed by atoms with Crippen molar-refractivity contribution >= 4 is 23.2 Å². The molecule has 3 aliphatic rings. The van der Waals surface area contributed by atoms with Gasteiger partial charge < -0.3 is 0 Å². The number of hydrogen-bond acceptors (Lipinski definition) is 0. The van der Waals surface area contributed by atoms with Crippen molar-refractivity contribution < 1.29 is 0 Å². The van der Waals surface area contributed by atoms with Crippen LogP contribution in [0.2, 0.25) is 0 Å². The summed E-state index contributed by atoms with van der Waals surface area (Å²) in [5.74, 6) is 0.724. The molecule has 0 heterocycles. The molecule has 3 atom stereocenters. The lowest BCUT2D eigenvalue weighted by Gasteiger charge is -2.56. The van der Waals surface area contributed by atoms with Gasteiger partial charge in [-0.05, 0) is 37.0 Å². The van der Waals surface area contributed by atoms with E-state index in [2.05, 4.69) is 13.8 Å². The molecule has 0 aromatic heterocycles. The van der Waals surface area contributed by atoms with E-state index in [0.29, 0.717) is 10.8 Å². The maximum absolute atomic E-state index is 6.60. The molecular weight excluding hydrogens is 191 g/mol. The molecule has 3 saturated carbocycles. The van der Waals surface area contributed by atoms with Crippen LogP contribution in [0, 0.1) is 11.3 Å². The number of halogens is 2. The van der Waals surface area contributed by atoms with E-state index in [1.807, 2.05) is 0 Å². The summed E-state index contributed by atoms with van der Waals surface area (Å²) >= 11 is 12.8. The molecule has 2 heteroatoms. The Balaban J connectivity index is 2.28. The van der Waals surface area contributed by atoms with Crippen LogP contribution in [0.15, 0.2) is 0 Å². The quantitative estimate of drug-likeness (QED) is 0.530. The maximum Gasteiger partial charge on any atom is 0.0512 e. The lowest BCUT2D eigenvalue weighted by Crippen LogP contribution is -2.53. The Morgan fingerprint density at radius 2 is 1.92 bits per heavy atom. The SMILES string of the molecule is CC1(C)CC2CCC1(Cl)CC2Cl. The van der Waals surface area contributed by atoms with Crippen LogP contribution in [0.3, 0.4) is 0 Å². The Morgan fingerprint density at radius 1 is 1.25 bits per heavy atom. The van der Waals surface area contributed by atoms with E-state index in [4.69, 9.17) is 23.2 Å². The van der Waals surface area contributed by atoms with Crippen molar-refractivity contribution in [2.45, 2.75) is 49.8 Å². The zero-order chi connectivity index (χ0) is 8.98. The van der Waals surface area contributed by atoms with Gasteiger partial charge in [0.1, 0.15) is 0 Å². The first-order valence-corrected chi connectivity index (χ1v) is 5.59. The summed E-state index contributed by atoms with van der Waals surface area (Å²) in [6.45, 7) is 4.57. The summed E-state index contributed by atoms with van der Waals surface area (Å²) in [5.41, 5.74) is 0.295. The first-order chi connectivity index (χ1) is 5.45. The molecule has 0 aromatic carbocycles. The Labute approximate surface area is 84.6 Å². The molecule has 12 heavy (non-hydrogen) atoms. The first-order valence-electron chi connectivity index (χ1n) is 4.78. The molecule has 3 fully saturated rings. The number of rotatable bonds is 0. The molecule has 2 bridgehead atoms. The average molecular weight is 207 g/mol. The lowest BCUT2D eigenvalue weighted by atomic mass is 9.57. The minimum absolute atomic E-state index is 0.00579. The highest BCUT2D eigenvalue weighted by Gasteiger charge is 2.54. The predicted octanol–water partition coefficient (Wildman–Crippen LogP) is 3.80. The largest absolute Gasteiger partial charge is 0.123 e. The third kappa shape index (κ3) is 1.11. The number of alkyl halides is 2. The summed E-state index contributed by atoms with van der Waals surface area (Å²) in [4.78, 5) is -0.00579. The standard InChI is InChI=1S/C10H16Cl2/c1-9(2)5-7-3-4-10(9,12)6-8(7)11/h7-8H,3-6H2,1-2H3. The molecule has 3 rings (SSSR count). The van der Waals surface area contributed by atoms with Crippen molar-refractivity contribution in [1.82, 2.24) is 0 Å². The Bertz CT molecular complexity index is 200. The van der Waals surface area contributed by atoms with Gasteiger partial charge in [0.05, 0.1) is 4.87 Å². The van der Waals surface area contributed by atoms with Crippen molar-refractivity contribution in [2.75, 3.05) is 0 Å². The van der Waals surface area contributed by atoms with Gasteiger partial charge in [-0.25, -0.2) is 0 Å². The average Bonchev–Trinajstić information content (AvgIpc) is 1.92. The minimum atomic E-state index is -0.00579. The highest BCUT2D eigenvalue weighted by Crippen LogP contribution is 2.59. The third-order valence-corrected chi connectivity index (χ3v) is 5.29. The Morgan fingerprint density at radius 3 is 2.25 bits per heavy atom. The fourth-order valence-corrected chi connectivity index (χ4v) is 3.77. The Hall–Kier alpha value is 0.580. The van der Waals surface area contributed by atoms with Crippen LogP contribution in [-0.4, -0.2) is 10.3 Å². The van der Waals surface area contributed by atoms with Crippen molar-refractivity contribution in [1.29, 1.82) is 0 Å². The molecule has 0 spiro atoms. The molecular formula is C10H16Cl2. The second kappa shape index (κ2) is 2.54. The van der Waals surface area contributed by atoms with Crippen molar-refractivity contribution in [3.8, 4) is 0 Å². The summed E-state index contributed by atoms with van der Waals surface area (Å²) in [5, 5.41) is 0.337. The molecule has 0 N–H and O–H groups in total. The molecule has 70 valence electrons. The van der Waals surface area contributed by atoms with Gasteiger partial charge in [-0.15, -0.1) is 23.2 Å². The monoisotopic (exact) mass is 206 g/mol. The molecule has 0 amide bonds. The topological polar surface area (TPSA) is 0 Å². The number of fused-ring (bicyclic) bond motifs is 3. The van der Waals surface area contributed by atoms with Crippen LogP contribution in [0.1, 0.15) is 39.5 Å². The summed E-state index contributed by atoms with van der Waals surface area (Å²) in [6, 6.07) is 0. The molecule has 0 nitrogen and oxygen atoms in total. The van der Waals surface area contributed by atoms with Crippen LogP contribution in [0.5, 0.6) is 0 Å². The van der Waals surface area contributed by atoms with Gasteiger partial charge in [-0.3, -0.25) is 0 Å². The van der Waals surface area contributed by atoms with Crippen molar-refractivity contribution in [2.24, 2.45) is 11.3 Å². The van der Waals surface area contributed by atoms with Crippen LogP contribution in [-0.2, 0) is 0 Å². The van der Waals surface area contributed by atoms with Gasteiger partial charge >= 0.3 is 0 Å². The van der Waals surface area contributed by atoms with E-state index in [0.717, 1.165) is 18.8 Å². The zero-order valence-electron chi connectivity index (χ0n) is 7.74. The van der Waals surface area contributed by atoms with E-state index in [-0.39, 0.29) is 4.87 Å². The van der Waals surface area contributed by atoms with Gasteiger partial charge in [0, 0.05) is 5.38 Å². The predicted molar refractivity (Wildman–Crippen MR) is 54.0 cm³/mol. The van der Waals surface area contributed by atoms with Gasteiger partial charge in [0.2, 0.25) is 0 Å². The fourth-order valence-electron chi connectivity index (χ4n) is 2.86. The smallest absolute Gasteiger partial charge is 0.0512 e. The molecule has 3 aliphatic carbocycles. The second-order valence-electron chi connectivity index (χ2n) is 5.07. The van der Waals surface area contributed by atoms with Gasteiger partial charge in [0.15, 0.2) is 0 Å². The lowest BCUT2D eigenvalue weighted by molar-refractivity contribution is 0.0568. The van der Waals surface area contributed by atoms with Crippen LogP contribution in [0.25, 0.3) is 0 Å². The normalized spacial score (nSPS) is 51.0. The summed E-state index contributed by atoms with van der Waals surface area (Å²) in [6.07, 6.45) is 4.62. The summed E-state index contributed by atoms with van der Waals surface area (Å²) in [7, 11) is 0. The van der Waals surface area contributed by atoms with E-state index in [1.165, 1.54) is 12.8 Å². The maximum atomic E-state index is 6.60. The highest BCUT2D eigenvalue weighted by molar-refractivity contribution is 6.27. The zero-order valence-corrected chi connectivity index (χ0v) is 9.25. The van der Waals surface area contributed by atoms with E-state index in [1.54, 1.807) is 0 Å². The molecule has 3 unspecified atom stereocenters. The summed E-state index contributed by atoms with van der Waals surface area (Å²) < 4.78 is 0. The molecule has 0 aromatic rings. The van der Waals surface area contributed by atoms with Gasteiger partial charge in [-0.1, -0.05) is 13.8 Å². The van der Waals surface area contributed by atoms with Crippen LogP contribution in [0.4, 0.5) is 0 Å². The fraction of sp³-hybridized carbons (Fsp3) is 1.00. The molecule has 0 saturated heterocycles. The first kappa shape index (κ1) is 9.15. The second-order valence-corrected chi connectivity index (χ2v) is 6.36. The number of hydrogen-bond donors (Lipinski definition) is 0. The Kier molecular flexibility index (Phi) is 1.94. The molecule has 0 radical (unpaired) electrons. The highest BCUT2D eigenvalue weighted by atomic mass is 35.5. The van der Waals surface area contributed by atoms with Crippen LogP contribution < -0.4 is 0 Å².